The minimum atomic E-state index is -1.22. The van der Waals surface area contributed by atoms with E-state index in [1.165, 1.54) is 28.2 Å². The minimum absolute atomic E-state index is 0.132. The van der Waals surface area contributed by atoms with Crippen molar-refractivity contribution in [1.82, 2.24) is 19.9 Å². The maximum Gasteiger partial charge on any atom is 0.327 e. The van der Waals surface area contributed by atoms with Gasteiger partial charge in [-0.2, -0.15) is 0 Å². The summed E-state index contributed by atoms with van der Waals surface area (Å²) in [6, 6.07) is 2.85. The highest BCUT2D eigenvalue weighted by atomic mass is 19.1. The standard InChI is InChI=1S/C24H28FN5O2/c1-2-21(25)22-14-30(23-27-11-18(12-28-23)16-5-6-16)24(32)29(22)13-20(31)10-19-9-17(7-8-26-19)15-3-4-15/h7-9,11-12,15-16,21-22H,2-6,10,13-14H2,1H3/t21-,22+/m0/s1. The van der Waals surface area contributed by atoms with Crippen LogP contribution >= 0.6 is 0 Å². The number of nitrogens with zero attached hydrogens (tertiary/aromatic N) is 5. The van der Waals surface area contributed by atoms with E-state index < -0.39 is 18.2 Å². The number of alkyl halides is 1. The molecular formula is C24H28FN5O2. The number of Topliss-reactive ketones (excluding diaryl/α,β-unsaturated/α-hetero) is 1. The van der Waals surface area contributed by atoms with Crippen molar-refractivity contribution in [3.05, 3.63) is 47.5 Å². The summed E-state index contributed by atoms with van der Waals surface area (Å²) < 4.78 is 14.8. The third-order valence-corrected chi connectivity index (χ3v) is 6.62. The topological polar surface area (TPSA) is 79.3 Å². The number of ketones is 1. The van der Waals surface area contributed by atoms with E-state index in [4.69, 9.17) is 0 Å². The van der Waals surface area contributed by atoms with E-state index in [0.29, 0.717) is 17.5 Å². The molecule has 1 aliphatic heterocycles. The predicted octanol–water partition coefficient (Wildman–Crippen LogP) is 3.80. The Hall–Kier alpha value is -2.90. The number of carbonyl (C=O) groups excluding carboxylic acids is 2. The van der Waals surface area contributed by atoms with Gasteiger partial charge in [0.2, 0.25) is 5.95 Å². The molecule has 2 saturated carbocycles. The summed E-state index contributed by atoms with van der Waals surface area (Å²) in [5.74, 6) is 1.20. The van der Waals surface area contributed by atoms with Gasteiger partial charge < -0.3 is 4.90 Å². The molecule has 8 heteroatoms. The average molecular weight is 438 g/mol. The fraction of sp³-hybridized carbons (Fsp3) is 0.542. The molecule has 1 saturated heterocycles. The first kappa shape index (κ1) is 21.0. The zero-order chi connectivity index (χ0) is 22.2. The number of pyridine rings is 1. The van der Waals surface area contributed by atoms with Gasteiger partial charge in [0.05, 0.1) is 25.6 Å². The molecular weight excluding hydrogens is 409 g/mol. The number of aromatic nitrogens is 3. The summed E-state index contributed by atoms with van der Waals surface area (Å²) in [5, 5.41) is 0. The Morgan fingerprint density at radius 2 is 1.81 bits per heavy atom. The number of hydrogen-bond acceptors (Lipinski definition) is 5. The molecule has 2 amide bonds. The predicted molar refractivity (Wildman–Crippen MR) is 117 cm³/mol. The van der Waals surface area contributed by atoms with Gasteiger partial charge in [-0.1, -0.05) is 6.92 Å². The third kappa shape index (κ3) is 4.36. The van der Waals surface area contributed by atoms with E-state index in [0.717, 1.165) is 18.4 Å². The molecule has 0 radical (unpaired) electrons. The van der Waals surface area contributed by atoms with Crippen LogP contribution in [0.2, 0.25) is 0 Å². The lowest BCUT2D eigenvalue weighted by atomic mass is 10.1. The second-order valence-corrected chi connectivity index (χ2v) is 9.17. The smallest absolute Gasteiger partial charge is 0.309 e. The lowest BCUT2D eigenvalue weighted by Gasteiger charge is -2.24. The van der Waals surface area contributed by atoms with E-state index >= 15 is 0 Å². The molecule has 0 bridgehead atoms. The molecule has 2 aliphatic carbocycles. The van der Waals surface area contributed by atoms with Crippen molar-refractivity contribution in [3.8, 4) is 0 Å². The number of amides is 2. The van der Waals surface area contributed by atoms with E-state index in [2.05, 4.69) is 15.0 Å². The zero-order valence-electron chi connectivity index (χ0n) is 18.3. The van der Waals surface area contributed by atoms with Crippen LogP contribution in [0, 0.1) is 0 Å². The van der Waals surface area contributed by atoms with Crippen LogP contribution in [0.1, 0.15) is 67.7 Å². The Kier molecular flexibility index (Phi) is 5.61. The zero-order valence-corrected chi connectivity index (χ0v) is 18.3. The van der Waals surface area contributed by atoms with Crippen molar-refractivity contribution in [1.29, 1.82) is 0 Å². The molecule has 0 aromatic carbocycles. The van der Waals surface area contributed by atoms with Gasteiger partial charge in [0.25, 0.3) is 0 Å². The van der Waals surface area contributed by atoms with Gasteiger partial charge >= 0.3 is 6.03 Å². The first-order valence-electron chi connectivity index (χ1n) is 11.5. The van der Waals surface area contributed by atoms with Gasteiger partial charge in [-0.05, 0) is 67.2 Å². The van der Waals surface area contributed by atoms with Gasteiger partial charge in [0, 0.05) is 24.3 Å². The number of carbonyl (C=O) groups is 2. The second-order valence-electron chi connectivity index (χ2n) is 9.17. The molecule has 2 atom stereocenters. The molecule has 0 N–H and O–H groups in total. The lowest BCUT2D eigenvalue weighted by Crippen LogP contribution is -2.43. The fourth-order valence-corrected chi connectivity index (χ4v) is 4.40. The fourth-order valence-electron chi connectivity index (χ4n) is 4.40. The molecule has 7 nitrogen and oxygen atoms in total. The maximum absolute atomic E-state index is 14.8. The monoisotopic (exact) mass is 437 g/mol. The molecule has 3 heterocycles. The first-order chi connectivity index (χ1) is 15.5. The molecule has 2 aromatic heterocycles. The van der Waals surface area contributed by atoms with Crippen molar-refractivity contribution in [3.63, 3.8) is 0 Å². The molecule has 2 aromatic rings. The molecule has 168 valence electrons. The Labute approximate surface area is 187 Å². The number of hydrogen-bond donors (Lipinski definition) is 0. The lowest BCUT2D eigenvalue weighted by molar-refractivity contribution is -0.119. The van der Waals surface area contributed by atoms with Crippen LogP contribution in [0.5, 0.6) is 0 Å². The van der Waals surface area contributed by atoms with Crippen molar-refractivity contribution < 1.29 is 14.0 Å². The van der Waals surface area contributed by atoms with Crippen LogP contribution in [0.15, 0.2) is 30.7 Å². The minimum Gasteiger partial charge on any atom is -0.309 e. The first-order valence-corrected chi connectivity index (χ1v) is 11.5. The normalized spacial score (nSPS) is 21.8. The number of rotatable bonds is 9. The van der Waals surface area contributed by atoms with Crippen molar-refractivity contribution >= 4 is 17.8 Å². The Balaban J connectivity index is 1.29. The van der Waals surface area contributed by atoms with Crippen LogP contribution in [-0.2, 0) is 11.2 Å². The summed E-state index contributed by atoms with van der Waals surface area (Å²) in [6.07, 6.45) is 9.05. The van der Waals surface area contributed by atoms with Gasteiger partial charge in [-0.25, -0.2) is 19.2 Å². The highest BCUT2D eigenvalue weighted by Crippen LogP contribution is 2.40. The van der Waals surface area contributed by atoms with Crippen molar-refractivity contribution in [2.75, 3.05) is 18.0 Å². The molecule has 0 spiro atoms. The number of urea groups is 1. The Morgan fingerprint density at radius 3 is 2.47 bits per heavy atom. The van der Waals surface area contributed by atoms with Gasteiger partial charge in [0.15, 0.2) is 5.78 Å². The largest absolute Gasteiger partial charge is 0.327 e. The number of halogens is 1. The van der Waals surface area contributed by atoms with Crippen LogP contribution in [-0.4, -0.2) is 57.0 Å². The van der Waals surface area contributed by atoms with Crippen LogP contribution in [0.3, 0.4) is 0 Å². The second kappa shape index (κ2) is 8.56. The molecule has 5 rings (SSSR count). The molecule has 3 aliphatic rings. The van der Waals surface area contributed by atoms with E-state index in [9.17, 15) is 14.0 Å². The highest BCUT2D eigenvalue weighted by Gasteiger charge is 2.43. The van der Waals surface area contributed by atoms with Crippen LogP contribution in [0.25, 0.3) is 0 Å². The SMILES string of the molecule is CC[C@H](F)[C@H]1CN(c2ncc(C3CC3)cn2)C(=O)N1CC(=O)Cc1cc(C2CC2)ccn1. The van der Waals surface area contributed by atoms with Crippen molar-refractivity contribution in [2.24, 2.45) is 0 Å². The quantitative estimate of drug-likeness (QED) is 0.596. The molecule has 0 unspecified atom stereocenters. The summed E-state index contributed by atoms with van der Waals surface area (Å²) in [7, 11) is 0. The Morgan fingerprint density at radius 1 is 1.12 bits per heavy atom. The maximum atomic E-state index is 14.8. The van der Waals surface area contributed by atoms with Crippen molar-refractivity contribution in [2.45, 2.75) is 69.5 Å². The van der Waals surface area contributed by atoms with Crippen LogP contribution < -0.4 is 4.90 Å². The average Bonchev–Trinajstić information content (AvgIpc) is 3.72. The van der Waals surface area contributed by atoms with Gasteiger partial charge in [0.1, 0.15) is 6.17 Å². The van der Waals surface area contributed by atoms with Crippen LogP contribution in [0.4, 0.5) is 15.1 Å². The summed E-state index contributed by atoms with van der Waals surface area (Å²) in [4.78, 5) is 41.7. The highest BCUT2D eigenvalue weighted by molar-refractivity contribution is 5.96. The van der Waals surface area contributed by atoms with Gasteiger partial charge in [-0.3, -0.25) is 14.7 Å². The van der Waals surface area contributed by atoms with E-state index in [1.54, 1.807) is 25.5 Å². The molecule has 3 fully saturated rings. The summed E-state index contributed by atoms with van der Waals surface area (Å²) in [5.41, 5.74) is 2.98. The summed E-state index contributed by atoms with van der Waals surface area (Å²) >= 11 is 0. The van der Waals surface area contributed by atoms with Gasteiger partial charge in [-0.15, -0.1) is 0 Å². The molecule has 32 heavy (non-hydrogen) atoms. The summed E-state index contributed by atoms with van der Waals surface area (Å²) in [6.45, 7) is 1.74. The third-order valence-electron chi connectivity index (χ3n) is 6.62. The number of anilines is 1. The Bertz CT molecular complexity index is 1010. The van der Waals surface area contributed by atoms with E-state index in [1.807, 2.05) is 12.1 Å². The van der Waals surface area contributed by atoms with E-state index in [-0.39, 0.29) is 37.7 Å².